The molecule has 2 N–H and O–H groups in total. The van der Waals surface area contributed by atoms with E-state index in [0.29, 0.717) is 5.92 Å². The number of aryl methyl sites for hydroxylation is 1. The van der Waals surface area contributed by atoms with Gasteiger partial charge in [-0.15, -0.1) is 11.8 Å². The topological polar surface area (TPSA) is 48.9 Å². The number of thioether (sulfide) groups is 1. The van der Waals surface area contributed by atoms with E-state index in [9.17, 15) is 0 Å². The van der Waals surface area contributed by atoms with Gasteiger partial charge in [-0.05, 0) is 62.2 Å². The Balaban J connectivity index is 1.73. The zero-order chi connectivity index (χ0) is 18.8. The molecule has 0 bridgehead atoms. The van der Waals surface area contributed by atoms with E-state index in [2.05, 4.69) is 51.9 Å². The molecule has 1 aromatic rings. The first kappa shape index (κ1) is 21.1. The first-order valence-electron chi connectivity index (χ1n) is 9.45. The average molecular weight is 379 g/mol. The normalized spacial score (nSPS) is 16.7. The molecule has 0 saturated carbocycles. The molecule has 6 heteroatoms. The molecular formula is C20H34N4OS. The Morgan fingerprint density at radius 3 is 2.73 bits per heavy atom. The lowest BCUT2D eigenvalue weighted by Crippen LogP contribution is -2.43. The highest BCUT2D eigenvalue weighted by Gasteiger charge is 2.19. The SMILES string of the molecule is CN=C(NCc1ccc(C)cc1SC)NCC1CCN(CCOC)CC1. The van der Waals surface area contributed by atoms with Gasteiger partial charge in [0, 0.05) is 38.7 Å². The number of hydrogen-bond acceptors (Lipinski definition) is 4. The minimum atomic E-state index is 0.716. The quantitative estimate of drug-likeness (QED) is 0.414. The van der Waals surface area contributed by atoms with Crippen LogP contribution in [-0.4, -0.2) is 64.1 Å². The lowest BCUT2D eigenvalue weighted by molar-refractivity contribution is 0.121. The molecule has 0 unspecified atom stereocenters. The van der Waals surface area contributed by atoms with Gasteiger partial charge in [0.05, 0.1) is 6.61 Å². The molecule has 1 heterocycles. The van der Waals surface area contributed by atoms with Gasteiger partial charge in [-0.3, -0.25) is 4.99 Å². The summed E-state index contributed by atoms with van der Waals surface area (Å²) in [5, 5.41) is 6.96. The number of ether oxygens (including phenoxy) is 1. The van der Waals surface area contributed by atoms with Crippen molar-refractivity contribution in [3.8, 4) is 0 Å². The summed E-state index contributed by atoms with van der Waals surface area (Å²) >= 11 is 1.80. The van der Waals surface area contributed by atoms with E-state index < -0.39 is 0 Å². The Kier molecular flexibility index (Phi) is 9.29. The van der Waals surface area contributed by atoms with Crippen molar-refractivity contribution < 1.29 is 4.74 Å². The van der Waals surface area contributed by atoms with E-state index in [0.717, 1.165) is 32.2 Å². The molecule has 0 amide bonds. The van der Waals surface area contributed by atoms with Gasteiger partial charge in [0.15, 0.2) is 5.96 Å². The van der Waals surface area contributed by atoms with Gasteiger partial charge in [-0.1, -0.05) is 12.1 Å². The molecule has 1 aliphatic rings. The molecule has 0 spiro atoms. The third kappa shape index (κ3) is 6.82. The highest BCUT2D eigenvalue weighted by Crippen LogP contribution is 2.21. The summed E-state index contributed by atoms with van der Waals surface area (Å²) < 4.78 is 5.17. The summed E-state index contributed by atoms with van der Waals surface area (Å²) in [4.78, 5) is 8.20. The van der Waals surface area contributed by atoms with Gasteiger partial charge >= 0.3 is 0 Å². The number of guanidine groups is 1. The summed E-state index contributed by atoms with van der Waals surface area (Å²) in [7, 11) is 3.61. The molecule has 5 nitrogen and oxygen atoms in total. The lowest BCUT2D eigenvalue weighted by atomic mass is 9.97. The van der Waals surface area contributed by atoms with Crippen molar-refractivity contribution in [2.75, 3.05) is 53.2 Å². The highest BCUT2D eigenvalue weighted by molar-refractivity contribution is 7.98. The monoisotopic (exact) mass is 378 g/mol. The third-order valence-electron chi connectivity index (χ3n) is 4.99. The molecule has 1 aromatic carbocycles. The number of piperidine rings is 1. The van der Waals surface area contributed by atoms with E-state index in [1.54, 1.807) is 18.9 Å². The summed E-state index contributed by atoms with van der Waals surface area (Å²) in [6.07, 6.45) is 4.61. The molecule has 1 fully saturated rings. The smallest absolute Gasteiger partial charge is 0.191 e. The second-order valence-corrected chi connectivity index (χ2v) is 7.75. The number of aliphatic imine (C=N–C) groups is 1. The highest BCUT2D eigenvalue weighted by atomic mass is 32.2. The number of methoxy groups -OCH3 is 1. The predicted octanol–water partition coefficient (Wildman–Crippen LogP) is 2.74. The van der Waals surface area contributed by atoms with Gasteiger partial charge in [0.25, 0.3) is 0 Å². The number of nitrogens with zero attached hydrogens (tertiary/aromatic N) is 2. The van der Waals surface area contributed by atoms with Crippen molar-refractivity contribution in [3.05, 3.63) is 29.3 Å². The number of rotatable bonds is 8. The van der Waals surface area contributed by atoms with Crippen LogP contribution < -0.4 is 10.6 Å². The number of benzene rings is 1. The van der Waals surface area contributed by atoms with E-state index in [1.165, 1.54) is 42.0 Å². The molecule has 26 heavy (non-hydrogen) atoms. The Labute approximate surface area is 163 Å². The zero-order valence-electron chi connectivity index (χ0n) is 16.7. The van der Waals surface area contributed by atoms with Crippen LogP contribution in [0.25, 0.3) is 0 Å². The zero-order valence-corrected chi connectivity index (χ0v) is 17.5. The fraction of sp³-hybridized carbons (Fsp3) is 0.650. The van der Waals surface area contributed by atoms with Crippen LogP contribution in [0.4, 0.5) is 0 Å². The molecular weight excluding hydrogens is 344 g/mol. The Bertz CT molecular complexity index is 571. The average Bonchev–Trinajstić information content (AvgIpc) is 2.68. The number of hydrogen-bond donors (Lipinski definition) is 2. The molecule has 0 aromatic heterocycles. The maximum atomic E-state index is 5.17. The second kappa shape index (κ2) is 11.5. The fourth-order valence-corrected chi connectivity index (χ4v) is 3.98. The van der Waals surface area contributed by atoms with Crippen LogP contribution in [-0.2, 0) is 11.3 Å². The van der Waals surface area contributed by atoms with Crippen molar-refractivity contribution in [2.24, 2.45) is 10.9 Å². The van der Waals surface area contributed by atoms with Crippen LogP contribution in [0, 0.1) is 12.8 Å². The van der Waals surface area contributed by atoms with Crippen LogP contribution in [0.3, 0.4) is 0 Å². The van der Waals surface area contributed by atoms with Crippen molar-refractivity contribution in [1.29, 1.82) is 0 Å². The first-order valence-corrected chi connectivity index (χ1v) is 10.7. The Hall–Kier alpha value is -1.24. The Morgan fingerprint density at radius 2 is 2.08 bits per heavy atom. The van der Waals surface area contributed by atoms with Crippen LogP contribution in [0.1, 0.15) is 24.0 Å². The molecule has 1 saturated heterocycles. The van der Waals surface area contributed by atoms with Crippen molar-refractivity contribution >= 4 is 17.7 Å². The molecule has 146 valence electrons. The summed E-state index contributed by atoms with van der Waals surface area (Å²) in [6.45, 7) is 8.14. The van der Waals surface area contributed by atoms with E-state index >= 15 is 0 Å². The molecule has 2 rings (SSSR count). The maximum absolute atomic E-state index is 5.17. The van der Waals surface area contributed by atoms with Crippen LogP contribution in [0.15, 0.2) is 28.1 Å². The molecule has 0 aliphatic carbocycles. The minimum absolute atomic E-state index is 0.716. The van der Waals surface area contributed by atoms with Gasteiger partial charge in [-0.2, -0.15) is 0 Å². The van der Waals surface area contributed by atoms with E-state index in [1.807, 2.05) is 7.05 Å². The molecule has 0 atom stereocenters. The minimum Gasteiger partial charge on any atom is -0.383 e. The second-order valence-electron chi connectivity index (χ2n) is 6.90. The van der Waals surface area contributed by atoms with Gasteiger partial charge < -0.3 is 20.3 Å². The number of nitrogens with one attached hydrogen (secondary N) is 2. The van der Waals surface area contributed by atoms with Gasteiger partial charge in [0.1, 0.15) is 0 Å². The van der Waals surface area contributed by atoms with Crippen molar-refractivity contribution in [1.82, 2.24) is 15.5 Å². The fourth-order valence-electron chi connectivity index (χ4n) is 3.27. The van der Waals surface area contributed by atoms with Crippen molar-refractivity contribution in [2.45, 2.75) is 31.2 Å². The standard InChI is InChI=1S/C20H34N4OS/c1-16-5-6-18(19(13-16)26-4)15-23-20(21-2)22-14-17-7-9-24(10-8-17)11-12-25-3/h5-6,13,17H,7-12,14-15H2,1-4H3,(H2,21,22,23). The molecule has 1 aliphatic heterocycles. The first-order chi connectivity index (χ1) is 12.7. The van der Waals surface area contributed by atoms with Gasteiger partial charge in [0.2, 0.25) is 0 Å². The maximum Gasteiger partial charge on any atom is 0.191 e. The summed E-state index contributed by atoms with van der Waals surface area (Å²) in [5.74, 6) is 1.60. The Morgan fingerprint density at radius 1 is 1.31 bits per heavy atom. The summed E-state index contributed by atoms with van der Waals surface area (Å²) in [6, 6.07) is 6.62. The number of likely N-dealkylation sites (tertiary alicyclic amines) is 1. The van der Waals surface area contributed by atoms with E-state index in [4.69, 9.17) is 4.74 Å². The largest absolute Gasteiger partial charge is 0.383 e. The van der Waals surface area contributed by atoms with Crippen LogP contribution >= 0.6 is 11.8 Å². The van der Waals surface area contributed by atoms with Crippen LogP contribution in [0.5, 0.6) is 0 Å². The summed E-state index contributed by atoms with van der Waals surface area (Å²) in [5.41, 5.74) is 2.62. The third-order valence-corrected chi connectivity index (χ3v) is 5.81. The van der Waals surface area contributed by atoms with Crippen molar-refractivity contribution in [3.63, 3.8) is 0 Å². The van der Waals surface area contributed by atoms with Crippen LogP contribution in [0.2, 0.25) is 0 Å². The molecule has 0 radical (unpaired) electrons. The lowest BCUT2D eigenvalue weighted by Gasteiger charge is -2.32. The van der Waals surface area contributed by atoms with E-state index in [-0.39, 0.29) is 0 Å². The predicted molar refractivity (Wildman–Crippen MR) is 112 cm³/mol. The van der Waals surface area contributed by atoms with Gasteiger partial charge in [-0.25, -0.2) is 0 Å².